The monoisotopic (exact) mass is 435 g/mol. The largest absolute Gasteiger partial charge is 0.497 e. The van der Waals surface area contributed by atoms with Crippen LogP contribution >= 0.6 is 0 Å². The number of carbonyl (C=O) groups excluding carboxylic acids is 2. The summed E-state index contributed by atoms with van der Waals surface area (Å²) in [6.07, 6.45) is 0.902. The van der Waals surface area contributed by atoms with Crippen molar-refractivity contribution in [2.45, 2.75) is 39.7 Å². The maximum absolute atomic E-state index is 12.6. The molecule has 0 aliphatic rings. The van der Waals surface area contributed by atoms with Gasteiger partial charge < -0.3 is 14.8 Å². The van der Waals surface area contributed by atoms with Crippen LogP contribution in [0.15, 0.2) is 54.6 Å². The lowest BCUT2D eigenvalue weighted by atomic mass is 10.0. The summed E-state index contributed by atoms with van der Waals surface area (Å²) in [4.78, 5) is 24.7. The molecule has 1 unspecified atom stereocenters. The van der Waals surface area contributed by atoms with Gasteiger partial charge in [0.2, 0.25) is 0 Å². The zero-order valence-electron chi connectivity index (χ0n) is 18.9. The zero-order valence-corrected chi connectivity index (χ0v) is 18.9. The predicted octanol–water partition coefficient (Wildman–Crippen LogP) is 4.50. The van der Waals surface area contributed by atoms with Crippen LogP contribution in [0, 0.1) is 0 Å². The summed E-state index contributed by atoms with van der Waals surface area (Å²) in [6.45, 7) is 6.63. The molecule has 1 heterocycles. The molecule has 0 saturated heterocycles. The van der Waals surface area contributed by atoms with Crippen molar-refractivity contribution in [3.63, 3.8) is 0 Å². The molecule has 3 aromatic rings. The van der Waals surface area contributed by atoms with Crippen LogP contribution in [-0.4, -0.2) is 35.4 Å². The van der Waals surface area contributed by atoms with Gasteiger partial charge in [-0.05, 0) is 67.3 Å². The van der Waals surface area contributed by atoms with Gasteiger partial charge >= 0.3 is 5.97 Å². The summed E-state index contributed by atoms with van der Waals surface area (Å²) in [5.74, 6) is 0.342. The van der Waals surface area contributed by atoms with Crippen LogP contribution in [0.4, 0.5) is 0 Å². The number of esters is 1. The highest BCUT2D eigenvalue weighted by atomic mass is 16.5. The summed E-state index contributed by atoms with van der Waals surface area (Å²) < 4.78 is 12.1. The first kappa shape index (κ1) is 23.1. The Balaban J connectivity index is 1.77. The molecule has 1 N–H and O–H groups in total. The third-order valence-electron chi connectivity index (χ3n) is 5.30. The average Bonchev–Trinajstić information content (AvgIpc) is 3.28. The van der Waals surface area contributed by atoms with Crippen molar-refractivity contribution in [2.24, 2.45) is 0 Å². The lowest BCUT2D eigenvalue weighted by Crippen LogP contribution is -2.22. The van der Waals surface area contributed by atoms with E-state index in [-0.39, 0.29) is 17.5 Å². The third-order valence-corrected chi connectivity index (χ3v) is 5.30. The fraction of sp³-hybridized carbons (Fsp3) is 0.320. The van der Waals surface area contributed by atoms with Crippen LogP contribution in [0.3, 0.4) is 0 Å². The lowest BCUT2D eigenvalue weighted by Gasteiger charge is -2.13. The van der Waals surface area contributed by atoms with E-state index in [1.165, 1.54) is 0 Å². The van der Waals surface area contributed by atoms with Crippen molar-refractivity contribution in [1.29, 1.82) is 0 Å². The predicted molar refractivity (Wildman–Crippen MR) is 122 cm³/mol. The van der Waals surface area contributed by atoms with Crippen LogP contribution < -0.4 is 10.1 Å². The normalized spacial score (nSPS) is 11.6. The van der Waals surface area contributed by atoms with E-state index in [1.807, 2.05) is 36.4 Å². The van der Waals surface area contributed by atoms with Gasteiger partial charge in [-0.25, -0.2) is 9.48 Å². The fourth-order valence-electron chi connectivity index (χ4n) is 3.29. The number of benzene rings is 2. The van der Waals surface area contributed by atoms with Crippen LogP contribution in [0.2, 0.25) is 0 Å². The van der Waals surface area contributed by atoms with Crippen molar-refractivity contribution in [3.05, 3.63) is 77.1 Å². The van der Waals surface area contributed by atoms with Gasteiger partial charge in [0.1, 0.15) is 5.75 Å². The number of amides is 1. The topological polar surface area (TPSA) is 82.5 Å². The average molecular weight is 436 g/mol. The molecule has 3 rings (SSSR count). The molecule has 7 heteroatoms. The molecule has 0 fully saturated rings. The molecular weight excluding hydrogens is 406 g/mol. The number of rotatable bonds is 9. The summed E-state index contributed by atoms with van der Waals surface area (Å²) in [5.41, 5.74) is 3.48. The second kappa shape index (κ2) is 10.6. The molecule has 0 spiro atoms. The Labute approximate surface area is 188 Å². The van der Waals surface area contributed by atoms with Gasteiger partial charge in [0, 0.05) is 17.8 Å². The highest BCUT2D eigenvalue weighted by Crippen LogP contribution is 2.24. The first-order valence-corrected chi connectivity index (χ1v) is 10.7. The molecule has 0 aliphatic carbocycles. The maximum Gasteiger partial charge on any atom is 0.358 e. The Morgan fingerprint density at radius 2 is 1.84 bits per heavy atom. The van der Waals surface area contributed by atoms with E-state index in [2.05, 4.69) is 24.3 Å². The Kier molecular flexibility index (Phi) is 7.65. The van der Waals surface area contributed by atoms with E-state index in [0.29, 0.717) is 18.7 Å². The Morgan fingerprint density at radius 1 is 1.09 bits per heavy atom. The molecule has 32 heavy (non-hydrogen) atoms. The van der Waals surface area contributed by atoms with E-state index >= 15 is 0 Å². The Morgan fingerprint density at radius 3 is 2.50 bits per heavy atom. The molecule has 1 aromatic heterocycles. The van der Waals surface area contributed by atoms with Crippen molar-refractivity contribution in [2.75, 3.05) is 13.7 Å². The first-order chi connectivity index (χ1) is 15.5. The third kappa shape index (κ3) is 5.35. The van der Waals surface area contributed by atoms with Crippen molar-refractivity contribution >= 4 is 11.9 Å². The van der Waals surface area contributed by atoms with Crippen LogP contribution in [0.5, 0.6) is 5.75 Å². The SMILES string of the molecule is CCOC(=O)c1cc(C(C)CC)n(-c2ccc(C(=O)NCc3cccc(OC)c3)cc2)n1. The molecule has 0 saturated carbocycles. The second-order valence-electron chi connectivity index (χ2n) is 7.48. The van der Waals surface area contributed by atoms with Gasteiger partial charge in [0.25, 0.3) is 5.91 Å². The molecule has 2 aromatic carbocycles. The molecule has 0 radical (unpaired) electrons. The molecule has 1 atom stereocenters. The molecule has 168 valence electrons. The van der Waals surface area contributed by atoms with Crippen LogP contribution in [0.25, 0.3) is 5.69 Å². The quantitative estimate of drug-likeness (QED) is 0.501. The standard InChI is InChI=1S/C25H29N3O4/c1-5-17(3)23-15-22(25(30)32-6-2)27-28(23)20-12-10-19(11-13-20)24(29)26-16-18-8-7-9-21(14-18)31-4/h7-15,17H,5-6,16H2,1-4H3,(H,26,29). The number of hydrogen-bond donors (Lipinski definition) is 1. The highest BCUT2D eigenvalue weighted by molar-refractivity contribution is 5.94. The van der Waals surface area contributed by atoms with E-state index < -0.39 is 5.97 Å². The summed E-state index contributed by atoms with van der Waals surface area (Å²) >= 11 is 0. The fourth-order valence-corrected chi connectivity index (χ4v) is 3.29. The van der Waals surface area contributed by atoms with E-state index in [0.717, 1.165) is 29.1 Å². The number of nitrogens with one attached hydrogen (secondary N) is 1. The minimum absolute atomic E-state index is 0.172. The van der Waals surface area contributed by atoms with Crippen molar-refractivity contribution in [1.82, 2.24) is 15.1 Å². The summed E-state index contributed by atoms with van der Waals surface area (Å²) in [6, 6.07) is 16.5. The number of hydrogen-bond acceptors (Lipinski definition) is 5. The van der Waals surface area contributed by atoms with Crippen molar-refractivity contribution in [3.8, 4) is 11.4 Å². The number of nitrogens with zero attached hydrogens (tertiary/aromatic N) is 2. The minimum atomic E-state index is -0.440. The molecule has 0 aliphatic heterocycles. The number of aromatic nitrogens is 2. The van der Waals surface area contributed by atoms with Gasteiger partial charge in [-0.2, -0.15) is 5.10 Å². The number of carbonyl (C=O) groups is 2. The van der Waals surface area contributed by atoms with Gasteiger partial charge in [-0.1, -0.05) is 26.0 Å². The summed E-state index contributed by atoms with van der Waals surface area (Å²) in [7, 11) is 1.61. The summed E-state index contributed by atoms with van der Waals surface area (Å²) in [5, 5.41) is 7.38. The van der Waals surface area contributed by atoms with Crippen LogP contribution in [0.1, 0.15) is 65.2 Å². The van der Waals surface area contributed by atoms with Crippen molar-refractivity contribution < 1.29 is 19.1 Å². The molecule has 1 amide bonds. The van der Waals surface area contributed by atoms with E-state index in [1.54, 1.807) is 36.9 Å². The number of ether oxygens (including phenoxy) is 2. The Hall–Kier alpha value is -3.61. The minimum Gasteiger partial charge on any atom is -0.497 e. The first-order valence-electron chi connectivity index (χ1n) is 10.7. The van der Waals surface area contributed by atoms with Crippen LogP contribution in [-0.2, 0) is 11.3 Å². The molecule has 7 nitrogen and oxygen atoms in total. The number of methoxy groups -OCH3 is 1. The van der Waals surface area contributed by atoms with Gasteiger partial charge in [-0.3, -0.25) is 4.79 Å². The van der Waals surface area contributed by atoms with Gasteiger partial charge in [0.15, 0.2) is 5.69 Å². The zero-order chi connectivity index (χ0) is 23.1. The molecular formula is C25H29N3O4. The lowest BCUT2D eigenvalue weighted by molar-refractivity contribution is 0.0518. The van der Waals surface area contributed by atoms with E-state index in [9.17, 15) is 9.59 Å². The van der Waals surface area contributed by atoms with Gasteiger partial charge in [0.05, 0.1) is 19.4 Å². The van der Waals surface area contributed by atoms with E-state index in [4.69, 9.17) is 9.47 Å². The molecule has 0 bridgehead atoms. The smallest absolute Gasteiger partial charge is 0.358 e. The maximum atomic E-state index is 12.6. The highest BCUT2D eigenvalue weighted by Gasteiger charge is 2.19. The second-order valence-corrected chi connectivity index (χ2v) is 7.48. The Bertz CT molecular complexity index is 1070. The van der Waals surface area contributed by atoms with Gasteiger partial charge in [-0.15, -0.1) is 0 Å².